The number of benzene rings is 1. The second-order valence-corrected chi connectivity index (χ2v) is 6.97. The molecule has 0 spiro atoms. The molecule has 26 heavy (non-hydrogen) atoms. The van der Waals surface area contributed by atoms with Crippen LogP contribution in [0, 0.1) is 6.92 Å². The maximum absolute atomic E-state index is 11.9. The number of nitrogens with one attached hydrogen (secondary N) is 1. The van der Waals surface area contributed by atoms with Crippen LogP contribution in [0.4, 0.5) is 5.69 Å². The Hall–Kier alpha value is -2.80. The van der Waals surface area contributed by atoms with E-state index in [1.54, 1.807) is 30.3 Å². The molecule has 0 fully saturated rings. The van der Waals surface area contributed by atoms with Crippen molar-refractivity contribution < 1.29 is 23.9 Å². The van der Waals surface area contributed by atoms with Crippen LogP contribution in [0.15, 0.2) is 36.4 Å². The lowest BCUT2D eigenvalue weighted by Gasteiger charge is -2.07. The standard InChI is InChI=1S/C19H19NO5S/c1-12-6-8-17(26-12)16(22)7-9-19(24)25-11-18(23)20-15-5-3-4-14(10-15)13(2)21/h3-6,8,10H,7,9,11H2,1-2H3,(H,20,23). The van der Waals surface area contributed by atoms with Gasteiger partial charge in [0, 0.05) is 22.5 Å². The fraction of sp³-hybridized carbons (Fsp3) is 0.263. The van der Waals surface area contributed by atoms with Crippen LogP contribution in [0.3, 0.4) is 0 Å². The predicted molar refractivity (Wildman–Crippen MR) is 98.7 cm³/mol. The number of anilines is 1. The fourth-order valence-corrected chi connectivity index (χ4v) is 2.99. The molecule has 1 N–H and O–H groups in total. The minimum absolute atomic E-state index is 0.0427. The van der Waals surface area contributed by atoms with Crippen LogP contribution in [-0.4, -0.2) is 30.0 Å². The number of thiophene rings is 1. The van der Waals surface area contributed by atoms with Crippen LogP contribution in [0.1, 0.15) is 44.7 Å². The smallest absolute Gasteiger partial charge is 0.306 e. The van der Waals surface area contributed by atoms with Gasteiger partial charge in [0.1, 0.15) is 0 Å². The molecular formula is C19H19NO5S. The Labute approximate surface area is 155 Å². The molecule has 1 amide bonds. The highest BCUT2D eigenvalue weighted by molar-refractivity contribution is 7.14. The van der Waals surface area contributed by atoms with E-state index in [2.05, 4.69) is 5.32 Å². The third kappa shape index (κ3) is 5.93. The molecule has 0 saturated heterocycles. The molecule has 0 atom stereocenters. The van der Waals surface area contributed by atoms with Crippen molar-refractivity contribution in [3.63, 3.8) is 0 Å². The Bertz CT molecular complexity index is 840. The number of carbonyl (C=O) groups excluding carboxylic acids is 4. The Balaban J connectivity index is 1.74. The molecule has 0 aliphatic carbocycles. The van der Waals surface area contributed by atoms with Gasteiger partial charge in [0.25, 0.3) is 5.91 Å². The summed E-state index contributed by atoms with van der Waals surface area (Å²) in [5, 5.41) is 2.55. The highest BCUT2D eigenvalue weighted by Gasteiger charge is 2.13. The molecule has 0 aliphatic rings. The second kappa shape index (κ2) is 9.05. The van der Waals surface area contributed by atoms with E-state index in [4.69, 9.17) is 4.74 Å². The minimum atomic E-state index is -0.612. The summed E-state index contributed by atoms with van der Waals surface area (Å²) in [6, 6.07) is 10.1. The molecule has 6 nitrogen and oxygen atoms in total. The normalized spacial score (nSPS) is 10.2. The van der Waals surface area contributed by atoms with Crippen LogP contribution >= 0.6 is 11.3 Å². The van der Waals surface area contributed by atoms with E-state index in [-0.39, 0.29) is 24.4 Å². The summed E-state index contributed by atoms with van der Waals surface area (Å²) >= 11 is 1.38. The molecule has 1 aromatic heterocycles. The maximum atomic E-state index is 11.9. The zero-order valence-electron chi connectivity index (χ0n) is 14.5. The predicted octanol–water partition coefficient (Wildman–Crippen LogP) is 3.40. The SMILES string of the molecule is CC(=O)c1cccc(NC(=O)COC(=O)CCC(=O)c2ccc(C)s2)c1. The monoisotopic (exact) mass is 373 g/mol. The highest BCUT2D eigenvalue weighted by Crippen LogP contribution is 2.17. The first kappa shape index (κ1) is 19.5. The van der Waals surface area contributed by atoms with Crippen molar-refractivity contribution in [1.82, 2.24) is 0 Å². The van der Waals surface area contributed by atoms with E-state index >= 15 is 0 Å². The molecule has 0 radical (unpaired) electrons. The molecule has 2 rings (SSSR count). The van der Waals surface area contributed by atoms with E-state index in [0.29, 0.717) is 16.1 Å². The lowest BCUT2D eigenvalue weighted by molar-refractivity contribution is -0.147. The number of amides is 1. The van der Waals surface area contributed by atoms with Gasteiger partial charge in [-0.2, -0.15) is 0 Å². The number of aryl methyl sites for hydroxylation is 1. The van der Waals surface area contributed by atoms with Crippen molar-refractivity contribution in [3.8, 4) is 0 Å². The van der Waals surface area contributed by atoms with Crippen molar-refractivity contribution in [1.29, 1.82) is 0 Å². The number of Topliss-reactive ketones (excluding diaryl/α,β-unsaturated/α-hetero) is 2. The largest absolute Gasteiger partial charge is 0.456 e. The molecule has 136 valence electrons. The van der Waals surface area contributed by atoms with Gasteiger partial charge in [0.2, 0.25) is 0 Å². The summed E-state index contributed by atoms with van der Waals surface area (Å²) in [6.07, 6.45) is -0.0378. The van der Waals surface area contributed by atoms with Crippen LogP contribution in [-0.2, 0) is 14.3 Å². The summed E-state index contributed by atoms with van der Waals surface area (Å²) < 4.78 is 4.88. The summed E-state index contributed by atoms with van der Waals surface area (Å²) in [6.45, 7) is 2.89. The molecular weight excluding hydrogens is 354 g/mol. The number of hydrogen-bond acceptors (Lipinski definition) is 6. The summed E-state index contributed by atoms with van der Waals surface area (Å²) in [5.41, 5.74) is 0.920. The molecule has 0 saturated carbocycles. The van der Waals surface area contributed by atoms with Crippen molar-refractivity contribution in [2.75, 3.05) is 11.9 Å². The third-order valence-electron chi connectivity index (χ3n) is 3.49. The van der Waals surface area contributed by atoms with Gasteiger partial charge in [-0.3, -0.25) is 19.2 Å². The Morgan fingerprint density at radius 1 is 1.08 bits per heavy atom. The molecule has 7 heteroatoms. The van der Waals surface area contributed by atoms with Crippen molar-refractivity contribution in [3.05, 3.63) is 51.7 Å². The van der Waals surface area contributed by atoms with Crippen LogP contribution in [0.5, 0.6) is 0 Å². The van der Waals surface area contributed by atoms with Crippen LogP contribution in [0.2, 0.25) is 0 Å². The average Bonchev–Trinajstić information content (AvgIpc) is 3.04. The zero-order valence-corrected chi connectivity index (χ0v) is 15.4. The van der Waals surface area contributed by atoms with Gasteiger partial charge in [0.15, 0.2) is 18.2 Å². The number of ether oxygens (including phenoxy) is 1. The molecule has 0 aliphatic heterocycles. The lowest BCUT2D eigenvalue weighted by Crippen LogP contribution is -2.21. The topological polar surface area (TPSA) is 89.5 Å². The number of carbonyl (C=O) groups is 4. The van der Waals surface area contributed by atoms with E-state index < -0.39 is 18.5 Å². The molecule has 0 bridgehead atoms. The number of ketones is 2. The average molecular weight is 373 g/mol. The Kier molecular flexibility index (Phi) is 6.80. The van der Waals surface area contributed by atoms with E-state index in [1.807, 2.05) is 13.0 Å². The molecule has 1 heterocycles. The van der Waals surface area contributed by atoms with Gasteiger partial charge < -0.3 is 10.1 Å². The van der Waals surface area contributed by atoms with Gasteiger partial charge in [-0.05, 0) is 38.1 Å². The molecule has 2 aromatic rings. The van der Waals surface area contributed by atoms with Crippen molar-refractivity contribution in [2.45, 2.75) is 26.7 Å². The summed E-state index contributed by atoms with van der Waals surface area (Å²) in [7, 11) is 0. The van der Waals surface area contributed by atoms with Crippen LogP contribution < -0.4 is 5.32 Å². The van der Waals surface area contributed by atoms with E-state index in [1.165, 1.54) is 18.3 Å². The Morgan fingerprint density at radius 2 is 1.85 bits per heavy atom. The molecule has 1 aromatic carbocycles. The van der Waals surface area contributed by atoms with Gasteiger partial charge in [-0.15, -0.1) is 11.3 Å². The first-order valence-corrected chi connectivity index (χ1v) is 8.83. The number of hydrogen-bond donors (Lipinski definition) is 1. The molecule has 0 unspecified atom stereocenters. The van der Waals surface area contributed by atoms with Crippen molar-refractivity contribution >= 4 is 40.5 Å². The summed E-state index contributed by atoms with van der Waals surface area (Å²) in [5.74, 6) is -1.36. The minimum Gasteiger partial charge on any atom is -0.456 e. The first-order chi connectivity index (χ1) is 12.3. The Morgan fingerprint density at radius 3 is 2.50 bits per heavy atom. The quantitative estimate of drug-likeness (QED) is 0.566. The zero-order chi connectivity index (χ0) is 19.1. The maximum Gasteiger partial charge on any atom is 0.306 e. The van der Waals surface area contributed by atoms with Gasteiger partial charge in [-0.25, -0.2) is 0 Å². The third-order valence-corrected chi connectivity index (χ3v) is 4.53. The lowest BCUT2D eigenvalue weighted by atomic mass is 10.1. The number of rotatable bonds is 8. The van der Waals surface area contributed by atoms with E-state index in [9.17, 15) is 19.2 Å². The fourth-order valence-electron chi connectivity index (χ4n) is 2.15. The summed E-state index contributed by atoms with van der Waals surface area (Å²) in [4.78, 5) is 48.4. The van der Waals surface area contributed by atoms with Crippen molar-refractivity contribution in [2.24, 2.45) is 0 Å². The highest BCUT2D eigenvalue weighted by atomic mass is 32.1. The van der Waals surface area contributed by atoms with Gasteiger partial charge in [0.05, 0.1) is 11.3 Å². The van der Waals surface area contributed by atoms with Gasteiger partial charge in [-0.1, -0.05) is 12.1 Å². The van der Waals surface area contributed by atoms with Crippen LogP contribution in [0.25, 0.3) is 0 Å². The van der Waals surface area contributed by atoms with Gasteiger partial charge >= 0.3 is 5.97 Å². The first-order valence-electron chi connectivity index (χ1n) is 8.01. The number of esters is 1. The second-order valence-electron chi connectivity index (χ2n) is 5.68. The van der Waals surface area contributed by atoms with E-state index in [0.717, 1.165) is 4.88 Å².